The van der Waals surface area contributed by atoms with Gasteiger partial charge in [0, 0.05) is 18.2 Å². The molecule has 1 aliphatic heterocycles. The van der Waals surface area contributed by atoms with Gasteiger partial charge in [-0.1, -0.05) is 11.6 Å². The Kier molecular flexibility index (Phi) is 4.13. The van der Waals surface area contributed by atoms with Crippen molar-refractivity contribution in [1.29, 1.82) is 0 Å². The molecule has 1 aromatic carbocycles. The van der Waals surface area contributed by atoms with Gasteiger partial charge in [-0.25, -0.2) is 0 Å². The molecule has 1 saturated heterocycles. The first-order valence-corrected chi connectivity index (χ1v) is 6.75. The molecule has 1 unspecified atom stereocenters. The Hall–Kier alpha value is -2.15. The predicted molar refractivity (Wildman–Crippen MR) is 77.1 cm³/mol. The molecular weight excluding hydrogens is 298 g/mol. The van der Waals surface area contributed by atoms with Gasteiger partial charge in [-0.05, 0) is 19.9 Å². The van der Waals surface area contributed by atoms with Gasteiger partial charge in [-0.2, -0.15) is 0 Å². The zero-order valence-corrected chi connectivity index (χ0v) is 12.3. The maximum absolute atomic E-state index is 12.1. The van der Waals surface area contributed by atoms with Crippen LogP contribution in [0.3, 0.4) is 0 Å². The number of hydrogen-bond donors (Lipinski definition) is 1. The van der Waals surface area contributed by atoms with Crippen LogP contribution in [0.25, 0.3) is 0 Å². The van der Waals surface area contributed by atoms with E-state index in [-0.39, 0.29) is 35.0 Å². The number of halogens is 1. The van der Waals surface area contributed by atoms with Gasteiger partial charge in [0.25, 0.3) is 11.6 Å². The smallest absolute Gasteiger partial charge is 0.271 e. The number of non-ortho nitro benzene ring substituents is 1. The number of nitrogens with one attached hydrogen (secondary N) is 1. The lowest BCUT2D eigenvalue weighted by atomic mass is 10.2. The van der Waals surface area contributed by atoms with Crippen molar-refractivity contribution in [3.05, 3.63) is 33.3 Å². The normalized spacial score (nSPS) is 18.5. The molecule has 0 aromatic heterocycles. The number of anilines is 1. The molecule has 0 aliphatic carbocycles. The van der Waals surface area contributed by atoms with Gasteiger partial charge in [0.2, 0.25) is 5.91 Å². The van der Waals surface area contributed by atoms with E-state index in [1.54, 1.807) is 13.8 Å². The molecule has 1 atom stereocenters. The molecule has 1 aliphatic rings. The van der Waals surface area contributed by atoms with Crippen LogP contribution in [0.15, 0.2) is 18.2 Å². The van der Waals surface area contributed by atoms with Crippen LogP contribution in [0.2, 0.25) is 5.02 Å². The van der Waals surface area contributed by atoms with Crippen LogP contribution in [0.5, 0.6) is 0 Å². The standard InChI is InChI=1S/C13H14ClN3O4/c1-7(2)16-12(18)6-11(13(16)19)15-10-4-3-8(17(20)21)5-9(10)14/h3-5,7,11,15H,6H2,1-2H3. The Bertz CT molecular complexity index is 617. The van der Waals surface area contributed by atoms with Crippen molar-refractivity contribution in [2.75, 3.05) is 5.32 Å². The van der Waals surface area contributed by atoms with E-state index in [4.69, 9.17) is 11.6 Å². The second kappa shape index (κ2) is 5.69. The predicted octanol–water partition coefficient (Wildman–Crippen LogP) is 2.20. The number of carbonyl (C=O) groups excluding carboxylic acids is 2. The molecule has 2 amide bonds. The van der Waals surface area contributed by atoms with E-state index in [2.05, 4.69) is 5.32 Å². The number of nitrogens with zero attached hydrogens (tertiary/aromatic N) is 2. The summed E-state index contributed by atoms with van der Waals surface area (Å²) in [6.45, 7) is 3.52. The summed E-state index contributed by atoms with van der Waals surface area (Å²) in [6.07, 6.45) is 0.0460. The summed E-state index contributed by atoms with van der Waals surface area (Å²) in [5, 5.41) is 13.6. The van der Waals surface area contributed by atoms with Crippen LogP contribution in [0, 0.1) is 10.1 Å². The molecule has 1 aromatic rings. The van der Waals surface area contributed by atoms with Gasteiger partial charge in [0.1, 0.15) is 6.04 Å². The van der Waals surface area contributed by atoms with Gasteiger partial charge in [-0.3, -0.25) is 24.6 Å². The molecule has 0 bridgehead atoms. The van der Waals surface area contributed by atoms with Gasteiger partial charge in [0.05, 0.1) is 22.1 Å². The fraction of sp³-hybridized carbons (Fsp3) is 0.385. The lowest BCUT2D eigenvalue weighted by Gasteiger charge is -2.19. The fourth-order valence-electron chi connectivity index (χ4n) is 2.23. The van der Waals surface area contributed by atoms with Gasteiger partial charge < -0.3 is 5.32 Å². The first-order valence-electron chi connectivity index (χ1n) is 6.37. The topological polar surface area (TPSA) is 92.6 Å². The number of nitro groups is 1. The molecule has 21 heavy (non-hydrogen) atoms. The van der Waals surface area contributed by atoms with E-state index in [1.807, 2.05) is 0 Å². The SMILES string of the molecule is CC(C)N1C(=O)CC(Nc2ccc([N+](=O)[O-])cc2Cl)C1=O. The average molecular weight is 312 g/mol. The molecule has 1 N–H and O–H groups in total. The molecule has 0 spiro atoms. The number of imide groups is 1. The van der Waals surface area contributed by atoms with E-state index >= 15 is 0 Å². The number of hydrogen-bond acceptors (Lipinski definition) is 5. The minimum absolute atomic E-state index is 0.0460. The number of benzene rings is 1. The first kappa shape index (κ1) is 15.2. The molecule has 7 nitrogen and oxygen atoms in total. The third-order valence-corrected chi connectivity index (χ3v) is 3.51. The Morgan fingerprint density at radius 1 is 1.43 bits per heavy atom. The summed E-state index contributed by atoms with van der Waals surface area (Å²) >= 11 is 5.96. The monoisotopic (exact) mass is 311 g/mol. The Balaban J connectivity index is 2.18. The summed E-state index contributed by atoms with van der Waals surface area (Å²) in [7, 11) is 0. The number of amides is 2. The summed E-state index contributed by atoms with van der Waals surface area (Å²) in [6, 6.07) is 3.01. The minimum Gasteiger partial charge on any atom is -0.372 e. The Morgan fingerprint density at radius 2 is 2.10 bits per heavy atom. The van der Waals surface area contributed by atoms with Crippen LogP contribution < -0.4 is 5.32 Å². The molecular formula is C13H14ClN3O4. The molecule has 0 saturated carbocycles. The fourth-order valence-corrected chi connectivity index (χ4v) is 2.46. The van der Waals surface area contributed by atoms with E-state index in [9.17, 15) is 19.7 Å². The molecule has 112 valence electrons. The van der Waals surface area contributed by atoms with Crippen molar-refractivity contribution in [3.8, 4) is 0 Å². The molecule has 2 rings (SSSR count). The first-order chi connectivity index (χ1) is 9.81. The highest BCUT2D eigenvalue weighted by atomic mass is 35.5. The van der Waals surface area contributed by atoms with Gasteiger partial charge >= 0.3 is 0 Å². The molecule has 0 radical (unpaired) electrons. The molecule has 1 fully saturated rings. The van der Waals surface area contributed by atoms with Gasteiger partial charge in [0.15, 0.2) is 0 Å². The summed E-state index contributed by atoms with van der Waals surface area (Å²) in [4.78, 5) is 35.2. The highest BCUT2D eigenvalue weighted by Gasteiger charge is 2.40. The van der Waals surface area contributed by atoms with Crippen LogP contribution in [0.1, 0.15) is 20.3 Å². The number of rotatable bonds is 4. The van der Waals surface area contributed by atoms with Crippen molar-refractivity contribution in [2.45, 2.75) is 32.4 Å². The quantitative estimate of drug-likeness (QED) is 0.523. The Labute approximate surface area is 126 Å². The molecule has 1 heterocycles. The third-order valence-electron chi connectivity index (χ3n) is 3.19. The van der Waals surface area contributed by atoms with Crippen molar-refractivity contribution in [1.82, 2.24) is 4.90 Å². The van der Waals surface area contributed by atoms with Crippen LogP contribution in [-0.4, -0.2) is 33.7 Å². The lowest BCUT2D eigenvalue weighted by Crippen LogP contribution is -2.39. The Morgan fingerprint density at radius 3 is 2.57 bits per heavy atom. The van der Waals surface area contributed by atoms with Crippen LogP contribution in [0.4, 0.5) is 11.4 Å². The van der Waals surface area contributed by atoms with E-state index in [0.717, 1.165) is 0 Å². The summed E-state index contributed by atoms with van der Waals surface area (Å²) in [5.41, 5.74) is 0.252. The zero-order chi connectivity index (χ0) is 15.7. The van der Waals surface area contributed by atoms with Crippen molar-refractivity contribution in [2.24, 2.45) is 0 Å². The van der Waals surface area contributed by atoms with Crippen LogP contribution in [-0.2, 0) is 9.59 Å². The van der Waals surface area contributed by atoms with Gasteiger partial charge in [-0.15, -0.1) is 0 Å². The summed E-state index contributed by atoms with van der Waals surface area (Å²) in [5.74, 6) is -0.560. The third kappa shape index (κ3) is 2.97. The number of likely N-dealkylation sites (tertiary alicyclic amines) is 1. The second-order valence-electron chi connectivity index (χ2n) is 5.02. The summed E-state index contributed by atoms with van der Waals surface area (Å²) < 4.78 is 0. The lowest BCUT2D eigenvalue weighted by molar-refractivity contribution is -0.384. The average Bonchev–Trinajstić information content (AvgIpc) is 2.66. The maximum atomic E-state index is 12.1. The zero-order valence-electron chi connectivity index (χ0n) is 11.5. The van der Waals surface area contributed by atoms with E-state index in [1.165, 1.54) is 23.1 Å². The van der Waals surface area contributed by atoms with E-state index in [0.29, 0.717) is 5.69 Å². The molecule has 8 heteroatoms. The van der Waals surface area contributed by atoms with Crippen LogP contribution >= 0.6 is 11.6 Å². The van der Waals surface area contributed by atoms with E-state index < -0.39 is 11.0 Å². The highest BCUT2D eigenvalue weighted by molar-refractivity contribution is 6.33. The van der Waals surface area contributed by atoms with Crippen molar-refractivity contribution in [3.63, 3.8) is 0 Å². The highest BCUT2D eigenvalue weighted by Crippen LogP contribution is 2.29. The largest absolute Gasteiger partial charge is 0.372 e. The maximum Gasteiger partial charge on any atom is 0.271 e. The second-order valence-corrected chi connectivity index (χ2v) is 5.43. The number of nitro benzene ring substituents is 1. The number of carbonyl (C=O) groups is 2. The van der Waals surface area contributed by atoms with Crippen molar-refractivity contribution >= 4 is 34.8 Å². The van der Waals surface area contributed by atoms with Crippen molar-refractivity contribution < 1.29 is 14.5 Å². The minimum atomic E-state index is -0.696.